The predicted molar refractivity (Wildman–Crippen MR) is 220 cm³/mol. The van der Waals surface area contributed by atoms with Crippen LogP contribution in [-0.2, 0) is 41.9 Å². The number of carbonyl (C=O) groups excluding carboxylic acids is 4. The molecule has 0 bridgehead atoms. The van der Waals surface area contributed by atoms with E-state index < -0.39 is 23.9 Å². The van der Waals surface area contributed by atoms with Gasteiger partial charge in [-0.25, -0.2) is 9.59 Å². The van der Waals surface area contributed by atoms with Gasteiger partial charge < -0.3 is 29.3 Å². The molecule has 2 aromatic rings. The summed E-state index contributed by atoms with van der Waals surface area (Å²) >= 11 is 0.0377. The predicted octanol–water partition coefficient (Wildman–Crippen LogP) is 9.44. The zero-order chi connectivity index (χ0) is 40.5. The van der Waals surface area contributed by atoms with E-state index in [0.29, 0.717) is 12.2 Å². The van der Waals surface area contributed by atoms with Gasteiger partial charge in [0.1, 0.15) is 13.2 Å². The van der Waals surface area contributed by atoms with Crippen molar-refractivity contribution in [3.8, 4) is 0 Å². The quantitative estimate of drug-likeness (QED) is 0.0329. The number of unbranched alkanes of at least 4 members (excludes halogenated alkanes) is 18. The second kappa shape index (κ2) is 40.3. The van der Waals surface area contributed by atoms with Gasteiger partial charge >= 0.3 is 184 Å². The molecule has 0 heterocycles. The van der Waals surface area contributed by atoms with Crippen molar-refractivity contribution in [1.82, 2.24) is 0 Å². The molecule has 0 radical (unpaired) electrons. The fourth-order valence-electron chi connectivity index (χ4n) is 5.43. The topological polar surface area (TPSA) is 133 Å². The van der Waals surface area contributed by atoms with Gasteiger partial charge in [-0.1, -0.05) is 60.7 Å². The summed E-state index contributed by atoms with van der Waals surface area (Å²) in [4.78, 5) is 41.8. The number of carboxylic acids is 2. The normalized spacial score (nSPS) is 10.5. The van der Waals surface area contributed by atoms with Crippen LogP contribution in [-0.4, -0.2) is 45.0 Å². The van der Waals surface area contributed by atoms with Crippen molar-refractivity contribution >= 4 is 45.0 Å². The van der Waals surface area contributed by atoms with E-state index in [0.717, 1.165) is 23.3 Å². The van der Waals surface area contributed by atoms with Crippen molar-refractivity contribution in [2.24, 2.45) is 0 Å². The first-order chi connectivity index (χ1) is 26.8. The van der Waals surface area contributed by atoms with Crippen LogP contribution in [0, 0.1) is 0 Å². The van der Waals surface area contributed by atoms with Crippen molar-refractivity contribution in [1.29, 1.82) is 0 Å². The molecule has 0 saturated heterocycles. The van der Waals surface area contributed by atoms with Gasteiger partial charge in [-0.3, -0.25) is 0 Å². The molecule has 0 amide bonds. The number of aliphatic carboxylic acids is 2. The Morgan fingerprint density at radius 1 is 0.455 bits per heavy atom. The molecule has 0 atom stereocenters. The standard InChI is InChI=1S/2C12H25.2C11H10O4.Sn/c2*1-3-5-7-9-11-12-10-8-6-4-2;2*12-10(13)6-7-11(14)15-8-9-4-2-1-3-5-9;/h2*1,3-12H2,2H3;2*1-7H,8H2,(H,12,13);/q;;;;+2/p-2/b;;2*7-6-;. The maximum absolute atomic E-state index is 10.9. The number of ether oxygens (including phenoxy) is 2. The SMILES string of the molecule is CCCCCCCCCCC[CH2][Sn+2][CH2]CCCCCCCCCCC.O=C([O-])/C=C\C(=O)OCc1ccccc1.O=C([O-])/C=C\C(=O)OCc1ccccc1. The molecule has 0 saturated carbocycles. The molecule has 55 heavy (non-hydrogen) atoms. The van der Waals surface area contributed by atoms with Crippen LogP contribution in [0.3, 0.4) is 0 Å². The van der Waals surface area contributed by atoms with E-state index in [-0.39, 0.29) is 34.4 Å². The molecular formula is C46H68O8Sn. The Kier molecular flexibility index (Phi) is 37.8. The Morgan fingerprint density at radius 2 is 0.745 bits per heavy atom. The van der Waals surface area contributed by atoms with Crippen molar-refractivity contribution in [2.75, 3.05) is 0 Å². The number of benzene rings is 2. The van der Waals surface area contributed by atoms with E-state index in [2.05, 4.69) is 13.8 Å². The first-order valence-corrected chi connectivity index (χ1v) is 24.7. The molecular weight excluding hydrogens is 799 g/mol. The zero-order valence-electron chi connectivity index (χ0n) is 33.8. The van der Waals surface area contributed by atoms with E-state index >= 15 is 0 Å². The summed E-state index contributed by atoms with van der Waals surface area (Å²) in [5.41, 5.74) is 1.68. The van der Waals surface area contributed by atoms with Crippen LogP contribution in [0.5, 0.6) is 0 Å². The molecule has 0 aliphatic heterocycles. The molecule has 0 fully saturated rings. The molecule has 304 valence electrons. The summed E-state index contributed by atoms with van der Waals surface area (Å²) in [7, 11) is 0. The summed E-state index contributed by atoms with van der Waals surface area (Å²) in [6, 6.07) is 18.2. The molecule has 9 heteroatoms. The average Bonchev–Trinajstić information content (AvgIpc) is 3.19. The smallest absolute Gasteiger partial charge is 0.545 e. The van der Waals surface area contributed by atoms with Crippen LogP contribution in [0.2, 0.25) is 8.87 Å². The van der Waals surface area contributed by atoms with Gasteiger partial charge in [-0.15, -0.1) is 0 Å². The van der Waals surface area contributed by atoms with E-state index in [1.807, 2.05) is 36.4 Å². The van der Waals surface area contributed by atoms with E-state index in [9.17, 15) is 29.4 Å². The fraction of sp³-hybridized carbons (Fsp3) is 0.565. The monoisotopic (exact) mass is 868 g/mol. The molecule has 0 spiro atoms. The van der Waals surface area contributed by atoms with Gasteiger partial charge in [0.2, 0.25) is 0 Å². The molecule has 0 aliphatic carbocycles. The van der Waals surface area contributed by atoms with Gasteiger partial charge in [-0.05, 0) is 23.3 Å². The van der Waals surface area contributed by atoms with Gasteiger partial charge in [0.15, 0.2) is 0 Å². The Labute approximate surface area is 342 Å². The molecule has 0 N–H and O–H groups in total. The Balaban J connectivity index is 0.000000837. The summed E-state index contributed by atoms with van der Waals surface area (Å²) in [6.45, 7) is 4.86. The van der Waals surface area contributed by atoms with E-state index in [1.54, 1.807) is 46.0 Å². The van der Waals surface area contributed by atoms with Crippen molar-refractivity contribution in [3.05, 3.63) is 96.1 Å². The van der Waals surface area contributed by atoms with Gasteiger partial charge in [-0.2, -0.15) is 0 Å². The van der Waals surface area contributed by atoms with Gasteiger partial charge in [0.05, 0.1) is 11.9 Å². The molecule has 0 unspecified atom stereocenters. The fourth-order valence-corrected chi connectivity index (χ4v) is 8.99. The second-order valence-electron chi connectivity index (χ2n) is 13.6. The number of rotatable bonds is 30. The minimum atomic E-state index is -1.42. The van der Waals surface area contributed by atoms with Crippen LogP contribution in [0.1, 0.15) is 153 Å². The Morgan fingerprint density at radius 3 is 1.04 bits per heavy atom. The molecule has 0 aromatic heterocycles. The molecule has 2 rings (SSSR count). The first-order valence-electron chi connectivity index (χ1n) is 20.7. The molecule has 2 aromatic carbocycles. The number of hydrogen-bond donors (Lipinski definition) is 0. The minimum Gasteiger partial charge on any atom is -0.545 e. The number of esters is 2. The Bertz CT molecular complexity index is 1170. The molecule has 8 nitrogen and oxygen atoms in total. The minimum absolute atomic E-state index is 0.0377. The number of hydrogen-bond acceptors (Lipinski definition) is 8. The molecule has 0 aliphatic rings. The van der Waals surface area contributed by atoms with E-state index in [1.165, 1.54) is 116 Å². The average molecular weight is 868 g/mol. The third-order valence-corrected chi connectivity index (χ3v) is 12.6. The van der Waals surface area contributed by atoms with Crippen LogP contribution in [0.25, 0.3) is 0 Å². The van der Waals surface area contributed by atoms with Crippen molar-refractivity contribution < 1.29 is 38.9 Å². The van der Waals surface area contributed by atoms with E-state index in [4.69, 9.17) is 9.47 Å². The third-order valence-electron chi connectivity index (χ3n) is 8.57. The van der Waals surface area contributed by atoms with Gasteiger partial charge in [0.25, 0.3) is 0 Å². The number of carboxylic acid groups (broad SMARTS) is 2. The summed E-state index contributed by atoms with van der Waals surface area (Å²) in [5, 5.41) is 19.9. The van der Waals surface area contributed by atoms with Crippen LogP contribution >= 0.6 is 0 Å². The van der Waals surface area contributed by atoms with Crippen LogP contribution in [0.15, 0.2) is 85.0 Å². The van der Waals surface area contributed by atoms with Gasteiger partial charge in [0, 0.05) is 12.2 Å². The Hall–Kier alpha value is -3.40. The first kappa shape index (κ1) is 51.6. The third kappa shape index (κ3) is 40.1. The van der Waals surface area contributed by atoms with Crippen molar-refractivity contribution in [2.45, 2.75) is 164 Å². The van der Waals surface area contributed by atoms with Crippen molar-refractivity contribution in [3.63, 3.8) is 0 Å². The number of carbonyl (C=O) groups is 4. The summed E-state index contributed by atoms with van der Waals surface area (Å²) < 4.78 is 12.9. The summed E-state index contributed by atoms with van der Waals surface area (Å²) in [5.74, 6) is -4.26. The second-order valence-corrected chi connectivity index (χ2v) is 17.9. The van der Waals surface area contributed by atoms with Crippen LogP contribution in [0.4, 0.5) is 0 Å². The zero-order valence-corrected chi connectivity index (χ0v) is 36.7. The van der Waals surface area contributed by atoms with Crippen LogP contribution < -0.4 is 10.2 Å². The summed E-state index contributed by atoms with van der Waals surface area (Å²) in [6.07, 6.45) is 32.7. The maximum atomic E-state index is 10.9.